The molecule has 2 N–H and O–H groups in total. The van der Waals surface area contributed by atoms with Crippen molar-refractivity contribution in [2.24, 2.45) is 11.3 Å². The van der Waals surface area contributed by atoms with Crippen LogP contribution < -0.4 is 5.32 Å². The fourth-order valence-corrected chi connectivity index (χ4v) is 5.46. The van der Waals surface area contributed by atoms with E-state index in [4.69, 9.17) is 4.98 Å². The molecule has 2 atom stereocenters. The van der Waals surface area contributed by atoms with Crippen LogP contribution in [0.2, 0.25) is 0 Å². The number of anilines is 2. The zero-order valence-corrected chi connectivity index (χ0v) is 19.9. The monoisotopic (exact) mass is 433 g/mol. The van der Waals surface area contributed by atoms with Crippen molar-refractivity contribution in [1.82, 2.24) is 9.55 Å². The van der Waals surface area contributed by atoms with E-state index in [9.17, 15) is 9.90 Å². The van der Waals surface area contributed by atoms with Crippen LogP contribution in [0, 0.1) is 11.3 Å². The van der Waals surface area contributed by atoms with Crippen LogP contribution in [0.5, 0.6) is 0 Å². The molecule has 0 spiro atoms. The largest absolute Gasteiger partial charge is 0.481 e. The highest BCUT2D eigenvalue weighted by molar-refractivity contribution is 5.82. The van der Waals surface area contributed by atoms with Crippen LogP contribution in [0.3, 0.4) is 0 Å². The van der Waals surface area contributed by atoms with Gasteiger partial charge in [0.25, 0.3) is 0 Å². The third-order valence-electron chi connectivity index (χ3n) is 6.67. The summed E-state index contributed by atoms with van der Waals surface area (Å²) in [7, 11) is 0. The number of hydrogen-bond acceptors (Lipinski definition) is 3. The normalized spacial score (nSPS) is 20.6. The van der Waals surface area contributed by atoms with Gasteiger partial charge in [0.2, 0.25) is 5.95 Å². The van der Waals surface area contributed by atoms with E-state index in [1.807, 2.05) is 18.2 Å². The molecule has 3 aromatic rings. The molecule has 1 aliphatic carbocycles. The molecule has 5 nitrogen and oxygen atoms in total. The molecule has 5 heteroatoms. The molecule has 2 unspecified atom stereocenters. The Morgan fingerprint density at radius 1 is 1.19 bits per heavy atom. The first-order chi connectivity index (χ1) is 15.1. The van der Waals surface area contributed by atoms with Gasteiger partial charge in [-0.15, -0.1) is 0 Å². The van der Waals surface area contributed by atoms with Gasteiger partial charge in [-0.25, -0.2) is 4.98 Å². The minimum Gasteiger partial charge on any atom is -0.481 e. The summed E-state index contributed by atoms with van der Waals surface area (Å²) in [4.78, 5) is 16.2. The summed E-state index contributed by atoms with van der Waals surface area (Å²) < 4.78 is 2.35. The molecule has 32 heavy (non-hydrogen) atoms. The summed E-state index contributed by atoms with van der Waals surface area (Å²) in [6.07, 6.45) is 3.46. The lowest BCUT2D eigenvalue weighted by atomic mass is 9.70. The Morgan fingerprint density at radius 3 is 2.53 bits per heavy atom. The summed E-state index contributed by atoms with van der Waals surface area (Å²) >= 11 is 0. The number of fused-ring (bicyclic) bond motifs is 1. The molecule has 0 aliphatic heterocycles. The van der Waals surface area contributed by atoms with Gasteiger partial charge in [-0.1, -0.05) is 52.8 Å². The number of hydrogen-bond donors (Lipinski definition) is 2. The number of benzene rings is 2. The molecule has 0 radical (unpaired) electrons. The van der Waals surface area contributed by atoms with E-state index in [0.717, 1.165) is 41.1 Å². The maximum Gasteiger partial charge on any atom is 0.307 e. The number of nitrogens with zero attached hydrogens (tertiary/aromatic N) is 2. The predicted octanol–water partition coefficient (Wildman–Crippen LogP) is 6.92. The highest BCUT2D eigenvalue weighted by atomic mass is 16.4. The molecule has 1 heterocycles. The molecule has 1 aromatic heterocycles. The fraction of sp³-hybridized carbons (Fsp3) is 0.481. The maximum atomic E-state index is 11.2. The fourth-order valence-electron chi connectivity index (χ4n) is 5.46. The molecule has 1 saturated carbocycles. The van der Waals surface area contributed by atoms with Crippen molar-refractivity contribution in [1.29, 1.82) is 0 Å². The van der Waals surface area contributed by atoms with E-state index >= 15 is 0 Å². The van der Waals surface area contributed by atoms with Gasteiger partial charge in [-0.2, -0.15) is 0 Å². The molecule has 0 amide bonds. The Labute approximate surface area is 190 Å². The van der Waals surface area contributed by atoms with E-state index in [2.05, 4.69) is 68.8 Å². The molecular weight excluding hydrogens is 398 g/mol. The average Bonchev–Trinajstić information content (AvgIpc) is 3.03. The number of aliphatic carboxylic acids is 1. The molecule has 1 fully saturated rings. The van der Waals surface area contributed by atoms with Crippen molar-refractivity contribution in [3.8, 4) is 0 Å². The summed E-state index contributed by atoms with van der Waals surface area (Å²) in [5.74, 6) is 1.15. The zero-order valence-electron chi connectivity index (χ0n) is 19.9. The molecule has 1 aliphatic rings. The average molecular weight is 434 g/mol. The SMILES string of the molecule is CC1CC(n2c(Nc3ccc(C(C)C)cc3)nc3cc(CC(=O)O)ccc32)CC(C)(C)C1. The van der Waals surface area contributed by atoms with Gasteiger partial charge in [0, 0.05) is 11.7 Å². The summed E-state index contributed by atoms with van der Waals surface area (Å²) in [5.41, 5.74) is 5.29. The van der Waals surface area contributed by atoms with Gasteiger partial charge >= 0.3 is 5.97 Å². The van der Waals surface area contributed by atoms with Crippen LogP contribution in [-0.2, 0) is 11.2 Å². The number of carbonyl (C=O) groups is 1. The molecule has 2 aromatic carbocycles. The standard InChI is InChI=1S/C27H35N3O2/c1-17(2)20-7-9-21(10-8-20)28-26-29-23-13-19(14-25(31)32)6-11-24(23)30(26)22-12-18(3)15-27(4,5)16-22/h6-11,13,17-18,22H,12,14-16H2,1-5H3,(H,28,29)(H,31,32). The molecule has 170 valence electrons. The molecule has 0 saturated heterocycles. The Hall–Kier alpha value is -2.82. The first kappa shape index (κ1) is 22.4. The van der Waals surface area contributed by atoms with E-state index in [1.165, 1.54) is 12.0 Å². The Balaban J connectivity index is 1.76. The number of carboxylic acids is 1. The molecular formula is C27H35N3O2. The second-order valence-corrected chi connectivity index (χ2v) is 10.7. The van der Waals surface area contributed by atoms with Crippen molar-refractivity contribution < 1.29 is 9.90 Å². The summed E-state index contributed by atoms with van der Waals surface area (Å²) in [6.45, 7) is 11.5. The van der Waals surface area contributed by atoms with Crippen molar-refractivity contribution in [2.75, 3.05) is 5.32 Å². The van der Waals surface area contributed by atoms with Gasteiger partial charge in [0.15, 0.2) is 0 Å². The Kier molecular flexibility index (Phi) is 6.02. The first-order valence-electron chi connectivity index (χ1n) is 11.7. The molecule has 0 bridgehead atoms. The highest BCUT2D eigenvalue weighted by Gasteiger charge is 2.34. The van der Waals surface area contributed by atoms with Gasteiger partial charge in [0.05, 0.1) is 17.5 Å². The van der Waals surface area contributed by atoms with Crippen molar-refractivity contribution >= 4 is 28.6 Å². The van der Waals surface area contributed by atoms with Gasteiger partial charge < -0.3 is 15.0 Å². The van der Waals surface area contributed by atoms with Gasteiger partial charge in [-0.05, 0) is 71.9 Å². The lowest BCUT2D eigenvalue weighted by molar-refractivity contribution is -0.136. The number of aromatic nitrogens is 2. The lowest BCUT2D eigenvalue weighted by Crippen LogP contribution is -2.29. The number of rotatable bonds is 6. The van der Waals surface area contributed by atoms with Crippen LogP contribution in [0.4, 0.5) is 11.6 Å². The van der Waals surface area contributed by atoms with Crippen molar-refractivity contribution in [2.45, 2.75) is 72.3 Å². The zero-order chi connectivity index (χ0) is 23.0. The third kappa shape index (κ3) is 4.82. The minimum absolute atomic E-state index is 0.00964. The van der Waals surface area contributed by atoms with Gasteiger partial charge in [-0.3, -0.25) is 4.79 Å². The molecule has 4 rings (SSSR count). The van der Waals surface area contributed by atoms with E-state index in [0.29, 0.717) is 17.9 Å². The smallest absolute Gasteiger partial charge is 0.307 e. The second kappa shape index (κ2) is 8.61. The lowest BCUT2D eigenvalue weighted by Gasteiger charge is -2.40. The first-order valence-corrected chi connectivity index (χ1v) is 11.7. The summed E-state index contributed by atoms with van der Waals surface area (Å²) in [6, 6.07) is 14.8. The van der Waals surface area contributed by atoms with Crippen LogP contribution >= 0.6 is 0 Å². The number of carboxylic acid groups (broad SMARTS) is 1. The van der Waals surface area contributed by atoms with Crippen LogP contribution in [0.15, 0.2) is 42.5 Å². The second-order valence-electron chi connectivity index (χ2n) is 10.7. The van der Waals surface area contributed by atoms with Crippen molar-refractivity contribution in [3.63, 3.8) is 0 Å². The summed E-state index contributed by atoms with van der Waals surface area (Å²) in [5, 5.41) is 12.8. The third-order valence-corrected chi connectivity index (χ3v) is 6.67. The van der Waals surface area contributed by atoms with Crippen LogP contribution in [0.25, 0.3) is 11.0 Å². The number of imidazole rings is 1. The number of nitrogens with one attached hydrogen (secondary N) is 1. The maximum absolute atomic E-state index is 11.2. The minimum atomic E-state index is -0.824. The van der Waals surface area contributed by atoms with Gasteiger partial charge in [0.1, 0.15) is 0 Å². The van der Waals surface area contributed by atoms with E-state index in [1.54, 1.807) is 0 Å². The predicted molar refractivity (Wildman–Crippen MR) is 131 cm³/mol. The van der Waals surface area contributed by atoms with Crippen LogP contribution in [0.1, 0.15) is 77.0 Å². The Morgan fingerprint density at radius 2 is 1.91 bits per heavy atom. The van der Waals surface area contributed by atoms with Crippen LogP contribution in [-0.4, -0.2) is 20.6 Å². The van der Waals surface area contributed by atoms with E-state index < -0.39 is 5.97 Å². The Bertz CT molecular complexity index is 1110. The highest BCUT2D eigenvalue weighted by Crippen LogP contribution is 2.46. The topological polar surface area (TPSA) is 67.2 Å². The van der Waals surface area contributed by atoms with E-state index in [-0.39, 0.29) is 11.8 Å². The quantitative estimate of drug-likeness (QED) is 0.443. The van der Waals surface area contributed by atoms with Crippen molar-refractivity contribution in [3.05, 3.63) is 53.6 Å².